The smallest absolute Gasteiger partial charge is 0.306 e. The minimum absolute atomic E-state index is 0.127. The van der Waals surface area contributed by atoms with Crippen LogP contribution in [0.15, 0.2) is 134 Å². The van der Waals surface area contributed by atoms with Crippen LogP contribution in [0.2, 0.25) is 0 Å². The predicted molar refractivity (Wildman–Crippen MR) is 283 cm³/mol. The molecule has 0 aromatic heterocycles. The number of hydrogen-bond donors (Lipinski definition) is 0. The standard InChI is InChI=1S/C60H94O6/c1-4-7-10-13-16-19-22-25-28-29-30-31-33-35-38-41-44-47-50-53-59(62)65-56-57(55-64-58(61)52-49-46-43-40-37-34-27-24-21-18-15-12-9-6-3)66-60(63)54-51-48-45-42-39-36-32-26-23-20-17-14-11-8-5-2/h7-8,10-11,16-17,19-20,24-28,30-32,35,38-39,42,44,47,57H,4-6,9,12-15,18,21-23,29,33-34,36-37,40-41,43,45-46,48-56H2,1-3H3/b10-7-,11-8-,19-16-,20-17-,27-24-,28-25-,31-30-,32-26-,38-35-,42-39-,47-44-/t57-/m1/s1. The first-order chi connectivity index (χ1) is 32.5. The number of hydrogen-bond acceptors (Lipinski definition) is 6. The Kier molecular flexibility index (Phi) is 49.6. The van der Waals surface area contributed by atoms with Crippen molar-refractivity contribution < 1.29 is 28.6 Å². The summed E-state index contributed by atoms with van der Waals surface area (Å²) in [5.41, 5.74) is 0. The zero-order valence-corrected chi connectivity index (χ0v) is 42.1. The van der Waals surface area contributed by atoms with E-state index < -0.39 is 6.10 Å². The Morgan fingerprint density at radius 1 is 0.318 bits per heavy atom. The molecular weight excluding hydrogens is 817 g/mol. The summed E-state index contributed by atoms with van der Waals surface area (Å²) >= 11 is 0. The maximum atomic E-state index is 12.8. The third-order valence-corrected chi connectivity index (χ3v) is 10.4. The largest absolute Gasteiger partial charge is 0.462 e. The Bertz CT molecular complexity index is 1460. The molecule has 0 aliphatic carbocycles. The fourth-order valence-corrected chi connectivity index (χ4v) is 6.51. The van der Waals surface area contributed by atoms with Gasteiger partial charge in [0.25, 0.3) is 0 Å². The maximum Gasteiger partial charge on any atom is 0.306 e. The molecule has 0 N–H and O–H groups in total. The number of unbranched alkanes of at least 4 members (excludes halogenated alkanes) is 12. The van der Waals surface area contributed by atoms with Gasteiger partial charge in [-0.05, 0) is 122 Å². The molecule has 0 radical (unpaired) electrons. The minimum atomic E-state index is -0.838. The van der Waals surface area contributed by atoms with Gasteiger partial charge in [0.15, 0.2) is 6.10 Å². The van der Waals surface area contributed by atoms with Gasteiger partial charge >= 0.3 is 17.9 Å². The van der Waals surface area contributed by atoms with E-state index in [1.807, 2.05) is 12.2 Å². The van der Waals surface area contributed by atoms with Crippen LogP contribution in [-0.4, -0.2) is 37.2 Å². The Morgan fingerprint density at radius 3 is 1.06 bits per heavy atom. The average Bonchev–Trinajstić information content (AvgIpc) is 3.31. The summed E-state index contributed by atoms with van der Waals surface area (Å²) in [6.07, 6.45) is 74.5. The van der Waals surface area contributed by atoms with Crippen LogP contribution in [0.5, 0.6) is 0 Å². The second-order valence-electron chi connectivity index (χ2n) is 16.7. The van der Waals surface area contributed by atoms with Gasteiger partial charge in [-0.2, -0.15) is 0 Å². The summed E-state index contributed by atoms with van der Waals surface area (Å²) in [5, 5.41) is 0. The van der Waals surface area contributed by atoms with Gasteiger partial charge in [0.05, 0.1) is 0 Å². The number of esters is 3. The second kappa shape index (κ2) is 53.2. The van der Waals surface area contributed by atoms with Gasteiger partial charge in [0.1, 0.15) is 13.2 Å². The highest BCUT2D eigenvalue weighted by atomic mass is 16.6. The molecule has 0 bridgehead atoms. The molecule has 0 heterocycles. The third kappa shape index (κ3) is 50.5. The second-order valence-corrected chi connectivity index (χ2v) is 16.7. The van der Waals surface area contributed by atoms with Crippen LogP contribution in [0.25, 0.3) is 0 Å². The summed E-state index contributed by atoms with van der Waals surface area (Å²) in [4.78, 5) is 38.0. The van der Waals surface area contributed by atoms with Crippen molar-refractivity contribution in [3.63, 3.8) is 0 Å². The minimum Gasteiger partial charge on any atom is -0.462 e. The number of carbonyl (C=O) groups is 3. The molecule has 0 saturated heterocycles. The first kappa shape index (κ1) is 61.5. The summed E-state index contributed by atoms with van der Waals surface area (Å²) in [5.74, 6) is -1.07. The van der Waals surface area contributed by atoms with Crippen molar-refractivity contribution in [2.24, 2.45) is 0 Å². The van der Waals surface area contributed by atoms with Crippen LogP contribution in [0.3, 0.4) is 0 Å². The normalized spacial score (nSPS) is 13.2. The first-order valence-electron chi connectivity index (χ1n) is 26.2. The van der Waals surface area contributed by atoms with Gasteiger partial charge in [-0.1, -0.05) is 199 Å². The summed E-state index contributed by atoms with van der Waals surface area (Å²) in [6, 6.07) is 0. The zero-order chi connectivity index (χ0) is 47.9. The van der Waals surface area contributed by atoms with Crippen molar-refractivity contribution in [1.29, 1.82) is 0 Å². The molecule has 66 heavy (non-hydrogen) atoms. The topological polar surface area (TPSA) is 78.9 Å². The molecule has 0 aromatic carbocycles. The number of carbonyl (C=O) groups excluding carboxylic acids is 3. The molecule has 6 nitrogen and oxygen atoms in total. The SMILES string of the molecule is CC/C=C\C/C=C\C/C=C\C/C=C\C/C=C\C/C=C\CCC(=O)OC[C@@H](COC(=O)CCCCCCC/C=C\CCCCCCC)OC(=O)CCCC/C=C\C/C=C\C/C=C\C/C=C\CC. The van der Waals surface area contributed by atoms with Gasteiger partial charge in [-0.25, -0.2) is 0 Å². The Balaban J connectivity index is 4.60. The molecule has 0 unspecified atom stereocenters. The number of rotatable bonds is 45. The average molecular weight is 911 g/mol. The summed E-state index contributed by atoms with van der Waals surface area (Å²) in [7, 11) is 0. The van der Waals surface area contributed by atoms with E-state index in [0.29, 0.717) is 19.3 Å². The highest BCUT2D eigenvalue weighted by Gasteiger charge is 2.19. The van der Waals surface area contributed by atoms with Crippen molar-refractivity contribution in [2.45, 2.75) is 213 Å². The van der Waals surface area contributed by atoms with Gasteiger partial charge in [0, 0.05) is 19.3 Å². The van der Waals surface area contributed by atoms with Crippen molar-refractivity contribution in [2.75, 3.05) is 13.2 Å². The van der Waals surface area contributed by atoms with Crippen LogP contribution in [0, 0.1) is 0 Å². The maximum absolute atomic E-state index is 12.8. The quantitative estimate of drug-likeness (QED) is 0.0262. The zero-order valence-electron chi connectivity index (χ0n) is 42.1. The molecule has 0 aromatic rings. The lowest BCUT2D eigenvalue weighted by atomic mass is 10.1. The van der Waals surface area contributed by atoms with Gasteiger partial charge in [-0.3, -0.25) is 14.4 Å². The van der Waals surface area contributed by atoms with Crippen LogP contribution >= 0.6 is 0 Å². The lowest BCUT2D eigenvalue weighted by Crippen LogP contribution is -2.30. The van der Waals surface area contributed by atoms with Gasteiger partial charge in [-0.15, -0.1) is 0 Å². The van der Waals surface area contributed by atoms with Crippen LogP contribution in [0.1, 0.15) is 207 Å². The van der Waals surface area contributed by atoms with Crippen molar-refractivity contribution >= 4 is 17.9 Å². The summed E-state index contributed by atoms with van der Waals surface area (Å²) in [6.45, 7) is 6.27. The predicted octanol–water partition coefficient (Wildman–Crippen LogP) is 17.5. The van der Waals surface area contributed by atoms with Crippen molar-refractivity contribution in [1.82, 2.24) is 0 Å². The third-order valence-electron chi connectivity index (χ3n) is 10.4. The van der Waals surface area contributed by atoms with Crippen LogP contribution < -0.4 is 0 Å². The highest BCUT2D eigenvalue weighted by Crippen LogP contribution is 2.12. The number of ether oxygens (including phenoxy) is 3. The Morgan fingerprint density at radius 2 is 0.621 bits per heavy atom. The van der Waals surface area contributed by atoms with Gasteiger partial charge in [0.2, 0.25) is 0 Å². The molecule has 0 fully saturated rings. The van der Waals surface area contributed by atoms with E-state index in [9.17, 15) is 14.4 Å². The highest BCUT2D eigenvalue weighted by molar-refractivity contribution is 5.71. The van der Waals surface area contributed by atoms with Crippen LogP contribution in [0.4, 0.5) is 0 Å². The molecule has 6 heteroatoms. The Hall–Kier alpha value is -4.45. The first-order valence-corrected chi connectivity index (χ1v) is 26.2. The molecule has 1 atom stereocenters. The van der Waals surface area contributed by atoms with E-state index in [1.54, 1.807) is 0 Å². The fraction of sp³-hybridized carbons (Fsp3) is 0.583. The summed E-state index contributed by atoms with van der Waals surface area (Å²) < 4.78 is 16.7. The van der Waals surface area contributed by atoms with Crippen molar-refractivity contribution in [3.8, 4) is 0 Å². The molecular formula is C60H94O6. The van der Waals surface area contributed by atoms with Crippen LogP contribution in [-0.2, 0) is 28.6 Å². The molecule has 0 amide bonds. The van der Waals surface area contributed by atoms with Gasteiger partial charge < -0.3 is 14.2 Å². The molecule has 0 rings (SSSR count). The lowest BCUT2D eigenvalue weighted by molar-refractivity contribution is -0.166. The Labute approximate surface area is 405 Å². The van der Waals surface area contributed by atoms with Crippen molar-refractivity contribution in [3.05, 3.63) is 134 Å². The molecule has 0 saturated carbocycles. The lowest BCUT2D eigenvalue weighted by Gasteiger charge is -2.18. The molecule has 0 spiro atoms. The van der Waals surface area contributed by atoms with E-state index in [1.165, 1.54) is 44.9 Å². The monoisotopic (exact) mass is 911 g/mol. The fourth-order valence-electron chi connectivity index (χ4n) is 6.51. The van der Waals surface area contributed by atoms with E-state index in [4.69, 9.17) is 14.2 Å². The molecule has 0 aliphatic heterocycles. The van der Waals surface area contributed by atoms with E-state index in [0.717, 1.165) is 109 Å². The molecule has 370 valence electrons. The molecule has 0 aliphatic rings. The van der Waals surface area contributed by atoms with E-state index in [-0.39, 0.29) is 44.0 Å². The van der Waals surface area contributed by atoms with E-state index >= 15 is 0 Å². The number of allylic oxidation sites excluding steroid dienone is 22. The van der Waals surface area contributed by atoms with E-state index in [2.05, 4.69) is 142 Å².